The van der Waals surface area contributed by atoms with Crippen molar-refractivity contribution in [3.05, 3.63) is 0 Å². The maximum absolute atomic E-state index is 13.3. The third-order valence-corrected chi connectivity index (χ3v) is 8.14. The summed E-state index contributed by atoms with van der Waals surface area (Å²) in [6.45, 7) is 14.9. The number of carbonyl (C=O) groups excluding carboxylic acids is 7. The zero-order chi connectivity index (χ0) is 38.5. The summed E-state index contributed by atoms with van der Waals surface area (Å²) in [5, 5.41) is 23.9. The van der Waals surface area contributed by atoms with Gasteiger partial charge in [-0.05, 0) is 64.2 Å². The molecule has 1 rings (SSSR count). The summed E-state index contributed by atoms with van der Waals surface area (Å²) in [5.74, 6) is -5.73. The average Bonchev–Trinajstić information content (AvgIpc) is 3.50. The number of hydrogen-bond acceptors (Lipinski definition) is 9. The highest BCUT2D eigenvalue weighted by molar-refractivity contribution is 5.97. The van der Waals surface area contributed by atoms with E-state index in [1.54, 1.807) is 13.8 Å². The Morgan fingerprint density at radius 3 is 1.80 bits per heavy atom. The lowest BCUT2D eigenvalue weighted by Crippen LogP contribution is -2.59. The molecule has 0 unspecified atom stereocenters. The molecule has 0 aromatic heterocycles. The Hall–Kier alpha value is -4.28. The van der Waals surface area contributed by atoms with Crippen LogP contribution in [0.4, 0.5) is 0 Å². The van der Waals surface area contributed by atoms with Crippen molar-refractivity contribution in [1.82, 2.24) is 36.8 Å². The molecule has 17 nitrogen and oxygen atoms in total. The highest BCUT2D eigenvalue weighted by atomic mass is 16.4. The Labute approximate surface area is 294 Å². The number of likely N-dealkylation sites (tertiary alicyclic amines) is 1. The maximum Gasteiger partial charge on any atom is 0.325 e. The number of carboxylic acid groups (broad SMARTS) is 1. The van der Waals surface area contributed by atoms with E-state index in [-0.39, 0.29) is 24.2 Å². The first-order chi connectivity index (χ1) is 23.2. The van der Waals surface area contributed by atoms with Crippen molar-refractivity contribution >= 4 is 47.3 Å². The number of nitrogens with one attached hydrogen (secondary N) is 6. The van der Waals surface area contributed by atoms with Crippen molar-refractivity contribution < 1.29 is 43.5 Å². The first-order valence-electron chi connectivity index (χ1n) is 17.2. The van der Waals surface area contributed by atoms with Crippen LogP contribution in [0.2, 0.25) is 0 Å². The fourth-order valence-electron chi connectivity index (χ4n) is 5.32. The number of nitrogens with zero attached hydrogens (tertiary/aromatic N) is 1. The molecule has 50 heavy (non-hydrogen) atoms. The minimum Gasteiger partial charge on any atom is -0.480 e. The van der Waals surface area contributed by atoms with Gasteiger partial charge in [0.15, 0.2) is 0 Å². The normalized spacial score (nSPS) is 17.9. The van der Waals surface area contributed by atoms with Gasteiger partial charge in [-0.3, -0.25) is 38.4 Å². The number of hydrogen-bond donors (Lipinski definition) is 8. The van der Waals surface area contributed by atoms with E-state index in [2.05, 4.69) is 31.9 Å². The van der Waals surface area contributed by atoms with E-state index < -0.39 is 96.2 Å². The topological polar surface area (TPSA) is 258 Å². The van der Waals surface area contributed by atoms with Crippen LogP contribution in [0.15, 0.2) is 0 Å². The molecule has 1 aliphatic heterocycles. The fourth-order valence-corrected chi connectivity index (χ4v) is 5.32. The summed E-state index contributed by atoms with van der Waals surface area (Å²) < 4.78 is 0. The Morgan fingerprint density at radius 2 is 1.26 bits per heavy atom. The smallest absolute Gasteiger partial charge is 0.325 e. The monoisotopic (exact) mass is 710 g/mol. The Bertz CT molecular complexity index is 1240. The number of carbonyl (C=O) groups is 8. The highest BCUT2D eigenvalue weighted by Gasteiger charge is 2.37. The van der Waals surface area contributed by atoms with Crippen molar-refractivity contribution in [3.8, 4) is 0 Å². The van der Waals surface area contributed by atoms with Crippen LogP contribution in [0.3, 0.4) is 0 Å². The molecule has 1 aliphatic rings. The summed E-state index contributed by atoms with van der Waals surface area (Å²) >= 11 is 0. The van der Waals surface area contributed by atoms with Crippen molar-refractivity contribution in [3.63, 3.8) is 0 Å². The molecular weight excluding hydrogens is 652 g/mol. The molecule has 0 spiro atoms. The molecular formula is C33H58N8O9. The third-order valence-electron chi connectivity index (χ3n) is 8.14. The molecule has 0 bridgehead atoms. The van der Waals surface area contributed by atoms with Gasteiger partial charge in [0.05, 0.1) is 12.6 Å². The van der Waals surface area contributed by atoms with E-state index >= 15 is 0 Å². The van der Waals surface area contributed by atoms with Crippen LogP contribution in [0, 0.1) is 17.8 Å². The molecule has 9 N–H and O–H groups in total. The van der Waals surface area contributed by atoms with E-state index in [0.717, 1.165) is 0 Å². The number of rotatable bonds is 19. The van der Waals surface area contributed by atoms with Crippen LogP contribution in [-0.4, -0.2) is 113 Å². The summed E-state index contributed by atoms with van der Waals surface area (Å²) in [6, 6.07) is -6.98. The van der Waals surface area contributed by atoms with Gasteiger partial charge < -0.3 is 47.6 Å². The summed E-state index contributed by atoms with van der Waals surface area (Å²) in [6.07, 6.45) is 1.73. The van der Waals surface area contributed by atoms with Crippen molar-refractivity contribution in [2.24, 2.45) is 23.5 Å². The Balaban J connectivity index is 2.83. The SMILES string of the molecule is CC(C)C[C@H](NC(=O)[C@H](C)NC(=O)[C@H](C)NC(=O)[C@@H]1CCCN1C(=O)[C@@H](N)CC(C)C)C(=O)N[C@H](C(=O)NCC(=O)N[C@@H](C)C(=O)O)C(C)C. The van der Waals surface area contributed by atoms with Crippen LogP contribution in [0.25, 0.3) is 0 Å². The zero-order valence-corrected chi connectivity index (χ0v) is 30.8. The van der Waals surface area contributed by atoms with Gasteiger partial charge in [-0.1, -0.05) is 41.5 Å². The lowest BCUT2D eigenvalue weighted by atomic mass is 9.99. The Kier molecular flexibility index (Phi) is 17.9. The average molecular weight is 711 g/mol. The largest absolute Gasteiger partial charge is 0.480 e. The molecule has 0 aliphatic carbocycles. The van der Waals surface area contributed by atoms with Crippen molar-refractivity contribution in [2.45, 2.75) is 130 Å². The highest BCUT2D eigenvalue weighted by Crippen LogP contribution is 2.20. The van der Waals surface area contributed by atoms with E-state index in [0.29, 0.717) is 25.8 Å². The second-order valence-electron chi connectivity index (χ2n) is 14.2. The molecule has 1 heterocycles. The summed E-state index contributed by atoms with van der Waals surface area (Å²) in [4.78, 5) is 103. The first-order valence-corrected chi connectivity index (χ1v) is 17.2. The van der Waals surface area contributed by atoms with E-state index in [9.17, 15) is 38.4 Å². The second-order valence-corrected chi connectivity index (χ2v) is 14.2. The standard InChI is InChI=1S/C33H58N8O9/c1-16(2)13-22(34)32(48)41-12-10-11-24(41)30(46)38-19(7)27(43)37-20(8)28(44)39-23(14-17(3)4)29(45)40-26(18(5)6)31(47)35-15-25(42)36-21(9)33(49)50/h16-24,26H,10-15,34H2,1-9H3,(H,35,47)(H,36,42)(H,37,43)(H,38,46)(H,39,44)(H,40,45)(H,49,50)/t19-,20-,21-,22-,23-,24-,26-/m0/s1. The molecule has 0 aromatic carbocycles. The zero-order valence-electron chi connectivity index (χ0n) is 30.8. The van der Waals surface area contributed by atoms with Crippen molar-refractivity contribution in [2.75, 3.05) is 13.1 Å². The lowest BCUT2D eigenvalue weighted by molar-refractivity contribution is -0.141. The quantitative estimate of drug-likeness (QED) is 0.0789. The van der Waals surface area contributed by atoms with E-state index in [1.807, 2.05) is 27.7 Å². The van der Waals surface area contributed by atoms with Gasteiger partial charge in [0, 0.05) is 6.54 Å². The molecule has 17 heteroatoms. The van der Waals surface area contributed by atoms with Gasteiger partial charge in [-0.25, -0.2) is 0 Å². The predicted molar refractivity (Wildman–Crippen MR) is 184 cm³/mol. The first kappa shape index (κ1) is 43.7. The van der Waals surface area contributed by atoms with Gasteiger partial charge in [0.25, 0.3) is 0 Å². The number of carboxylic acids is 1. The molecule has 0 radical (unpaired) electrons. The minimum atomic E-state index is -1.24. The Morgan fingerprint density at radius 1 is 0.700 bits per heavy atom. The number of amides is 7. The molecule has 0 aromatic rings. The molecule has 7 atom stereocenters. The minimum absolute atomic E-state index is 0.0561. The van der Waals surface area contributed by atoms with Gasteiger partial charge in [-0.2, -0.15) is 0 Å². The van der Waals surface area contributed by atoms with Crippen LogP contribution in [0.5, 0.6) is 0 Å². The molecule has 1 fully saturated rings. The van der Waals surface area contributed by atoms with E-state index in [4.69, 9.17) is 10.8 Å². The molecule has 1 saturated heterocycles. The van der Waals surface area contributed by atoms with Gasteiger partial charge in [0.2, 0.25) is 41.4 Å². The molecule has 0 saturated carbocycles. The van der Waals surface area contributed by atoms with Gasteiger partial charge in [0.1, 0.15) is 36.3 Å². The number of aliphatic carboxylic acids is 1. The van der Waals surface area contributed by atoms with Crippen LogP contribution in [0.1, 0.15) is 88.0 Å². The summed E-state index contributed by atoms with van der Waals surface area (Å²) in [5.41, 5.74) is 6.07. The van der Waals surface area contributed by atoms with Crippen LogP contribution in [-0.2, 0) is 38.4 Å². The predicted octanol–water partition coefficient (Wildman–Crippen LogP) is -1.26. The fraction of sp³-hybridized carbons (Fsp3) is 0.758. The third kappa shape index (κ3) is 14.3. The van der Waals surface area contributed by atoms with Gasteiger partial charge in [-0.15, -0.1) is 0 Å². The van der Waals surface area contributed by atoms with Crippen LogP contribution < -0.4 is 37.6 Å². The van der Waals surface area contributed by atoms with Gasteiger partial charge >= 0.3 is 5.97 Å². The maximum atomic E-state index is 13.3. The van der Waals surface area contributed by atoms with Crippen molar-refractivity contribution in [1.29, 1.82) is 0 Å². The van der Waals surface area contributed by atoms with Crippen LogP contribution >= 0.6 is 0 Å². The number of nitrogens with two attached hydrogens (primary N) is 1. The van der Waals surface area contributed by atoms with E-state index in [1.165, 1.54) is 25.7 Å². The lowest BCUT2D eigenvalue weighted by Gasteiger charge is -2.28. The molecule has 284 valence electrons. The molecule has 7 amide bonds. The second kappa shape index (κ2) is 20.4. The summed E-state index contributed by atoms with van der Waals surface area (Å²) in [7, 11) is 0.